The third-order valence-corrected chi connectivity index (χ3v) is 8.06. The minimum Gasteiger partial charge on any atom is -0.369 e. The zero-order chi connectivity index (χ0) is 25.4. The molecule has 1 fully saturated rings. The molecular weight excluding hydrogens is 476 g/mol. The molecule has 1 saturated heterocycles. The van der Waals surface area contributed by atoms with Crippen molar-refractivity contribution in [1.82, 2.24) is 19.9 Å². The van der Waals surface area contributed by atoms with Crippen LogP contribution in [0, 0.1) is 0 Å². The van der Waals surface area contributed by atoms with E-state index in [0.29, 0.717) is 11.9 Å². The SMILES string of the molecule is CC(C)c1cccc(-c2csc(-c3nc(Nc4ccc(N5CCN(C)CC5)cc4)nc4[nH]ccc34)c2)c1. The number of nitrogens with zero attached hydrogens (tertiary/aromatic N) is 4. The molecule has 3 aromatic heterocycles. The smallest absolute Gasteiger partial charge is 0.229 e. The molecule has 0 atom stereocenters. The number of hydrogen-bond acceptors (Lipinski definition) is 6. The molecule has 1 aliphatic rings. The summed E-state index contributed by atoms with van der Waals surface area (Å²) >= 11 is 1.72. The Hall–Kier alpha value is -3.68. The summed E-state index contributed by atoms with van der Waals surface area (Å²) in [7, 11) is 2.18. The lowest BCUT2D eigenvalue weighted by Gasteiger charge is -2.34. The highest BCUT2D eigenvalue weighted by Crippen LogP contribution is 2.36. The van der Waals surface area contributed by atoms with Gasteiger partial charge >= 0.3 is 0 Å². The van der Waals surface area contributed by atoms with Crippen molar-refractivity contribution >= 4 is 39.7 Å². The van der Waals surface area contributed by atoms with Gasteiger partial charge in [-0.05, 0) is 71.4 Å². The van der Waals surface area contributed by atoms with Gasteiger partial charge in [0.25, 0.3) is 0 Å². The summed E-state index contributed by atoms with van der Waals surface area (Å²) in [5.41, 5.74) is 7.83. The molecule has 0 spiro atoms. The molecule has 0 unspecified atom stereocenters. The molecule has 6 nitrogen and oxygen atoms in total. The third-order valence-electron chi connectivity index (χ3n) is 7.13. The second kappa shape index (κ2) is 10.00. The number of hydrogen-bond donors (Lipinski definition) is 2. The highest BCUT2D eigenvalue weighted by molar-refractivity contribution is 7.14. The van der Waals surface area contributed by atoms with Crippen molar-refractivity contribution in [3.8, 4) is 21.7 Å². The number of likely N-dealkylation sites (N-methyl/N-ethyl adjacent to an activating group) is 1. The van der Waals surface area contributed by atoms with Gasteiger partial charge in [0.1, 0.15) is 5.65 Å². The van der Waals surface area contributed by atoms with Crippen LogP contribution in [0.2, 0.25) is 0 Å². The second-order valence-corrected chi connectivity index (χ2v) is 11.0. The number of rotatable bonds is 6. The lowest BCUT2D eigenvalue weighted by atomic mass is 9.98. The molecule has 0 saturated carbocycles. The number of nitrogens with one attached hydrogen (secondary N) is 2. The highest BCUT2D eigenvalue weighted by atomic mass is 32.1. The maximum absolute atomic E-state index is 4.96. The van der Waals surface area contributed by atoms with Gasteiger partial charge in [0.15, 0.2) is 0 Å². The molecule has 0 bridgehead atoms. The van der Waals surface area contributed by atoms with E-state index >= 15 is 0 Å². The number of aromatic nitrogens is 3. The van der Waals surface area contributed by atoms with E-state index in [1.807, 2.05) is 6.20 Å². The van der Waals surface area contributed by atoms with Crippen LogP contribution in [0.1, 0.15) is 25.3 Å². The van der Waals surface area contributed by atoms with E-state index in [9.17, 15) is 0 Å². The summed E-state index contributed by atoms with van der Waals surface area (Å²) in [4.78, 5) is 18.9. The molecule has 0 radical (unpaired) electrons. The number of fused-ring (bicyclic) bond motifs is 1. The van der Waals surface area contributed by atoms with Crippen LogP contribution in [0.3, 0.4) is 0 Å². The Morgan fingerprint density at radius 1 is 0.919 bits per heavy atom. The first-order valence-electron chi connectivity index (χ1n) is 12.9. The maximum Gasteiger partial charge on any atom is 0.229 e. The Labute approximate surface area is 222 Å². The minimum absolute atomic E-state index is 0.503. The van der Waals surface area contributed by atoms with Gasteiger partial charge in [-0.15, -0.1) is 11.3 Å². The molecule has 7 heteroatoms. The normalized spacial score (nSPS) is 14.5. The molecule has 188 valence electrons. The van der Waals surface area contributed by atoms with E-state index in [1.165, 1.54) is 22.4 Å². The van der Waals surface area contributed by atoms with Crippen molar-refractivity contribution in [1.29, 1.82) is 0 Å². The summed E-state index contributed by atoms with van der Waals surface area (Å²) < 4.78 is 0. The zero-order valence-electron chi connectivity index (χ0n) is 21.5. The molecule has 0 amide bonds. The van der Waals surface area contributed by atoms with Crippen LogP contribution < -0.4 is 10.2 Å². The summed E-state index contributed by atoms with van der Waals surface area (Å²) in [5, 5.41) is 6.68. The molecule has 2 aromatic carbocycles. The van der Waals surface area contributed by atoms with Gasteiger partial charge in [0, 0.05) is 49.1 Å². The summed E-state index contributed by atoms with van der Waals surface area (Å²) in [6.07, 6.45) is 1.93. The number of thiophene rings is 1. The Kier molecular flexibility index (Phi) is 6.40. The van der Waals surface area contributed by atoms with Crippen molar-refractivity contribution in [2.75, 3.05) is 43.4 Å². The molecule has 4 heterocycles. The highest BCUT2D eigenvalue weighted by Gasteiger charge is 2.16. The van der Waals surface area contributed by atoms with Gasteiger partial charge in [-0.25, -0.2) is 4.98 Å². The molecular formula is C30H32N6S. The van der Waals surface area contributed by atoms with Crippen LogP contribution in [-0.2, 0) is 0 Å². The first kappa shape index (κ1) is 23.7. The fraction of sp³-hybridized carbons (Fsp3) is 0.267. The van der Waals surface area contributed by atoms with E-state index in [2.05, 4.69) is 107 Å². The van der Waals surface area contributed by atoms with Gasteiger partial charge in [-0.3, -0.25) is 0 Å². The summed E-state index contributed by atoms with van der Waals surface area (Å²) in [5.74, 6) is 1.10. The van der Waals surface area contributed by atoms with E-state index in [4.69, 9.17) is 9.97 Å². The molecule has 0 aliphatic carbocycles. The van der Waals surface area contributed by atoms with Crippen LogP contribution in [0.15, 0.2) is 72.2 Å². The van der Waals surface area contributed by atoms with Crippen LogP contribution in [-0.4, -0.2) is 53.1 Å². The summed E-state index contributed by atoms with van der Waals surface area (Å²) in [6.45, 7) is 8.78. The van der Waals surface area contributed by atoms with Crippen LogP contribution >= 0.6 is 11.3 Å². The number of aromatic amines is 1. The Morgan fingerprint density at radius 2 is 1.73 bits per heavy atom. The summed E-state index contributed by atoms with van der Waals surface area (Å²) in [6, 6.07) is 21.7. The van der Waals surface area contributed by atoms with Crippen molar-refractivity contribution in [3.63, 3.8) is 0 Å². The fourth-order valence-electron chi connectivity index (χ4n) is 4.82. The first-order valence-corrected chi connectivity index (χ1v) is 13.8. The predicted octanol–water partition coefficient (Wildman–Crippen LogP) is 6.97. The lowest BCUT2D eigenvalue weighted by molar-refractivity contribution is 0.313. The van der Waals surface area contributed by atoms with Crippen molar-refractivity contribution in [2.45, 2.75) is 19.8 Å². The van der Waals surface area contributed by atoms with Gasteiger partial charge < -0.3 is 20.1 Å². The molecule has 5 aromatic rings. The molecule has 37 heavy (non-hydrogen) atoms. The van der Waals surface area contributed by atoms with Gasteiger partial charge in [-0.1, -0.05) is 38.1 Å². The largest absolute Gasteiger partial charge is 0.369 e. The van der Waals surface area contributed by atoms with E-state index in [0.717, 1.165) is 53.5 Å². The predicted molar refractivity (Wildman–Crippen MR) is 156 cm³/mol. The average molecular weight is 509 g/mol. The van der Waals surface area contributed by atoms with E-state index in [-0.39, 0.29) is 0 Å². The van der Waals surface area contributed by atoms with Gasteiger partial charge in [0.2, 0.25) is 5.95 Å². The molecule has 6 rings (SSSR count). The van der Waals surface area contributed by atoms with E-state index < -0.39 is 0 Å². The topological polar surface area (TPSA) is 60.1 Å². The maximum atomic E-state index is 4.96. The monoisotopic (exact) mass is 508 g/mol. The second-order valence-electron chi connectivity index (χ2n) is 10.1. The number of benzene rings is 2. The fourth-order valence-corrected chi connectivity index (χ4v) is 5.74. The van der Waals surface area contributed by atoms with Crippen molar-refractivity contribution < 1.29 is 0 Å². The molecule has 1 aliphatic heterocycles. The zero-order valence-corrected chi connectivity index (χ0v) is 22.3. The number of piperazine rings is 1. The van der Waals surface area contributed by atoms with Crippen LogP contribution in [0.5, 0.6) is 0 Å². The Bertz CT molecular complexity index is 1510. The van der Waals surface area contributed by atoms with Gasteiger partial charge in [0.05, 0.1) is 10.6 Å². The standard InChI is InChI=1S/C30H32N6S/c1-20(2)21-5-4-6-22(17-21)23-18-27(37-19-23)28-26-11-12-31-29(26)34-30(33-28)32-24-7-9-25(10-8-24)36-15-13-35(3)14-16-36/h4-12,17-20H,13-16H2,1-3H3,(H2,31,32,33,34). The quantitative estimate of drug-likeness (QED) is 0.259. The van der Waals surface area contributed by atoms with Crippen molar-refractivity contribution in [3.05, 3.63) is 77.8 Å². The first-order chi connectivity index (χ1) is 18.0. The van der Waals surface area contributed by atoms with Crippen molar-refractivity contribution in [2.24, 2.45) is 0 Å². The van der Waals surface area contributed by atoms with Gasteiger partial charge in [-0.2, -0.15) is 4.98 Å². The number of anilines is 3. The minimum atomic E-state index is 0.503. The van der Waals surface area contributed by atoms with Crippen LogP contribution in [0.4, 0.5) is 17.3 Å². The average Bonchev–Trinajstić information content (AvgIpc) is 3.60. The number of H-pyrrole nitrogens is 1. The van der Waals surface area contributed by atoms with E-state index in [1.54, 1.807) is 11.3 Å². The lowest BCUT2D eigenvalue weighted by Crippen LogP contribution is -2.44. The molecule has 2 N–H and O–H groups in total. The third kappa shape index (κ3) is 4.97. The van der Waals surface area contributed by atoms with Crippen LogP contribution in [0.25, 0.3) is 32.7 Å². The Balaban J connectivity index is 1.27. The Morgan fingerprint density at radius 3 is 2.51 bits per heavy atom.